The average Bonchev–Trinajstić information content (AvgIpc) is 2.32. The summed E-state index contributed by atoms with van der Waals surface area (Å²) in [7, 11) is 1.35. The van der Waals surface area contributed by atoms with Crippen LogP contribution in [0.4, 0.5) is 10.5 Å². The van der Waals surface area contributed by atoms with Gasteiger partial charge in [-0.3, -0.25) is 5.32 Å². The quantitative estimate of drug-likeness (QED) is 0.835. The zero-order valence-corrected chi connectivity index (χ0v) is 10.4. The maximum atomic E-state index is 11.1. The summed E-state index contributed by atoms with van der Waals surface area (Å²) in [6, 6.07) is 7.61. The van der Waals surface area contributed by atoms with Crippen molar-refractivity contribution >= 4 is 17.4 Å². The van der Waals surface area contributed by atoms with Crippen molar-refractivity contribution in [3.63, 3.8) is 0 Å². The molecule has 0 bridgehead atoms. The Morgan fingerprint density at radius 3 is 2.47 bits per heavy atom. The lowest BCUT2D eigenvalue weighted by Crippen LogP contribution is -2.12. The second-order valence-electron chi connectivity index (χ2n) is 3.14. The Kier molecular flexibility index (Phi) is 5.01. The maximum absolute atomic E-state index is 11.1. The Morgan fingerprint density at radius 2 is 1.94 bits per heavy atom. The highest BCUT2D eigenvalue weighted by molar-refractivity contribution is 5.93. The van der Waals surface area contributed by atoms with Gasteiger partial charge in [0.15, 0.2) is 0 Å². The smallest absolute Gasteiger partial charge is 0.411 e. The fourth-order valence-electron chi connectivity index (χ4n) is 1.38. The van der Waals surface area contributed by atoms with Crippen LogP contribution in [0.5, 0.6) is 0 Å². The van der Waals surface area contributed by atoms with Gasteiger partial charge in [-0.1, -0.05) is 50.3 Å². The fourth-order valence-corrected chi connectivity index (χ4v) is 1.38. The van der Waals surface area contributed by atoms with Gasteiger partial charge in [0, 0.05) is 6.99 Å². The van der Waals surface area contributed by atoms with E-state index in [1.807, 2.05) is 56.3 Å². The van der Waals surface area contributed by atoms with Crippen LogP contribution < -0.4 is 5.32 Å². The van der Waals surface area contributed by atoms with Crippen molar-refractivity contribution in [3.8, 4) is 0 Å². The van der Waals surface area contributed by atoms with E-state index in [1.165, 1.54) is 7.11 Å². The average molecular weight is 233 g/mol. The molecule has 1 N–H and O–H groups in total. The van der Waals surface area contributed by atoms with Gasteiger partial charge < -0.3 is 4.74 Å². The molecule has 0 saturated carbocycles. The highest BCUT2D eigenvalue weighted by atomic mass is 16.5. The summed E-state index contributed by atoms with van der Waals surface area (Å²) in [4.78, 5) is 11.1. The molecular weight excluding hydrogens is 214 g/mol. The maximum Gasteiger partial charge on any atom is 0.411 e. The van der Waals surface area contributed by atoms with Gasteiger partial charge in [-0.05, 0) is 11.6 Å². The lowest BCUT2D eigenvalue weighted by molar-refractivity contribution is 0.187. The van der Waals surface area contributed by atoms with Crippen molar-refractivity contribution in [2.24, 2.45) is 0 Å². The van der Waals surface area contributed by atoms with Crippen LogP contribution in [-0.4, -0.2) is 13.2 Å². The van der Waals surface area contributed by atoms with Crippen LogP contribution in [0, 0.1) is 0 Å². The molecule has 3 nitrogen and oxygen atoms in total. The van der Waals surface area contributed by atoms with Gasteiger partial charge in [-0.15, -0.1) is 0 Å². The second-order valence-corrected chi connectivity index (χ2v) is 3.14. The van der Waals surface area contributed by atoms with Crippen LogP contribution >= 0.6 is 0 Å². The molecule has 1 aromatic carbocycles. The molecular formula is C14H19NO2. The van der Waals surface area contributed by atoms with E-state index in [1.54, 1.807) is 0 Å². The summed E-state index contributed by atoms with van der Waals surface area (Å²) in [5.41, 5.74) is 2.88. The van der Waals surface area contributed by atoms with E-state index in [-0.39, 0.29) is 1.43 Å². The molecule has 0 atom stereocenters. The number of carbonyl (C=O) groups is 1. The Bertz CT molecular complexity index is 453. The molecule has 0 heterocycles. The number of rotatable bonds is 2. The van der Waals surface area contributed by atoms with Crippen LogP contribution in [-0.2, 0) is 4.74 Å². The third-order valence-electron chi connectivity index (χ3n) is 2.21. The molecule has 1 aliphatic rings. The second kappa shape index (κ2) is 6.53. The topological polar surface area (TPSA) is 38.3 Å². The van der Waals surface area contributed by atoms with E-state index in [0.717, 1.165) is 16.8 Å². The Morgan fingerprint density at radius 1 is 1.29 bits per heavy atom. The van der Waals surface area contributed by atoms with Gasteiger partial charge in [0.1, 0.15) is 0 Å². The van der Waals surface area contributed by atoms with Crippen LogP contribution in [0.3, 0.4) is 0 Å². The first kappa shape index (κ1) is 13.0. The van der Waals surface area contributed by atoms with Crippen molar-refractivity contribution in [2.75, 3.05) is 12.4 Å². The molecule has 0 saturated heterocycles. The van der Waals surface area contributed by atoms with Gasteiger partial charge in [-0.25, -0.2) is 4.79 Å². The van der Waals surface area contributed by atoms with Crippen molar-refractivity contribution in [1.82, 2.24) is 0 Å². The molecule has 2 rings (SSSR count). The molecule has 0 unspecified atom stereocenters. The lowest BCUT2D eigenvalue weighted by Gasteiger charge is -2.13. The van der Waals surface area contributed by atoms with Crippen molar-refractivity contribution < 1.29 is 11.0 Å². The molecule has 1 aromatic rings. The van der Waals surface area contributed by atoms with E-state index in [2.05, 4.69) is 10.1 Å². The van der Waals surface area contributed by atoms with Crippen molar-refractivity contribution in [3.05, 3.63) is 48.1 Å². The number of anilines is 1. The minimum atomic E-state index is -0.452. The van der Waals surface area contributed by atoms with Gasteiger partial charge in [-0.2, -0.15) is 0 Å². The normalized spacial score (nSPS) is 11.6. The third kappa shape index (κ3) is 3.21. The van der Waals surface area contributed by atoms with E-state index in [0.29, 0.717) is 0 Å². The van der Waals surface area contributed by atoms with Crippen molar-refractivity contribution in [2.45, 2.75) is 13.8 Å². The minimum absolute atomic E-state index is 0. The third-order valence-corrected chi connectivity index (χ3v) is 2.21. The number of amides is 1. The SMILES string of the molecule is CC.COC(=O)Nc1ccccc1C1=CC=C1.[HH]. The monoisotopic (exact) mass is 233 g/mol. The summed E-state index contributed by atoms with van der Waals surface area (Å²) in [6.45, 7) is 4.00. The first-order chi connectivity index (χ1) is 8.31. The van der Waals surface area contributed by atoms with Gasteiger partial charge >= 0.3 is 6.09 Å². The van der Waals surface area contributed by atoms with Crippen LogP contribution in [0.2, 0.25) is 0 Å². The summed E-state index contributed by atoms with van der Waals surface area (Å²) in [5, 5.41) is 2.67. The highest BCUT2D eigenvalue weighted by Crippen LogP contribution is 2.28. The van der Waals surface area contributed by atoms with Gasteiger partial charge in [0.2, 0.25) is 0 Å². The van der Waals surface area contributed by atoms with Crippen molar-refractivity contribution in [1.29, 1.82) is 0 Å². The number of carbonyl (C=O) groups excluding carboxylic acids is 1. The number of ether oxygens (including phenoxy) is 1. The Hall–Kier alpha value is -2.03. The zero-order valence-electron chi connectivity index (χ0n) is 10.4. The van der Waals surface area contributed by atoms with E-state index < -0.39 is 6.09 Å². The fraction of sp³-hybridized carbons (Fsp3) is 0.214. The van der Waals surface area contributed by atoms with Gasteiger partial charge in [0.05, 0.1) is 12.8 Å². The number of allylic oxidation sites excluding steroid dienone is 4. The van der Waals surface area contributed by atoms with E-state index in [4.69, 9.17) is 0 Å². The first-order valence-corrected chi connectivity index (χ1v) is 5.64. The van der Waals surface area contributed by atoms with Gasteiger partial charge in [0.25, 0.3) is 0 Å². The Labute approximate surface area is 103 Å². The first-order valence-electron chi connectivity index (χ1n) is 5.64. The minimum Gasteiger partial charge on any atom is -0.453 e. The lowest BCUT2D eigenvalue weighted by atomic mass is 9.98. The molecule has 0 aromatic heterocycles. The standard InChI is InChI=1S/C12H11NO2.C2H6.H2/c1-15-12(14)13-11-8-3-2-7-10(11)9-5-4-6-9;1-2;/h2-8H,1H3,(H,13,14);1-2H3;1H. The molecule has 1 aliphatic carbocycles. The number of hydrogen-bond acceptors (Lipinski definition) is 2. The number of hydrogen-bond donors (Lipinski definition) is 1. The van der Waals surface area contributed by atoms with Crippen LogP contribution in [0.1, 0.15) is 20.8 Å². The largest absolute Gasteiger partial charge is 0.453 e. The number of benzene rings is 1. The molecule has 3 heteroatoms. The molecule has 0 spiro atoms. The molecule has 92 valence electrons. The summed E-state index contributed by atoms with van der Waals surface area (Å²) >= 11 is 0. The molecule has 0 aliphatic heterocycles. The molecule has 0 fully saturated rings. The number of para-hydroxylation sites is 1. The van der Waals surface area contributed by atoms with Crippen LogP contribution in [0.15, 0.2) is 42.5 Å². The number of methoxy groups -OCH3 is 1. The number of nitrogens with one attached hydrogen (secondary N) is 1. The van der Waals surface area contributed by atoms with Crippen LogP contribution in [0.25, 0.3) is 5.57 Å². The predicted molar refractivity (Wildman–Crippen MR) is 73.0 cm³/mol. The summed E-state index contributed by atoms with van der Waals surface area (Å²) < 4.78 is 4.55. The zero-order chi connectivity index (χ0) is 12.7. The molecule has 0 radical (unpaired) electrons. The Balaban J connectivity index is 0.000000917. The van der Waals surface area contributed by atoms with E-state index in [9.17, 15) is 4.79 Å². The van der Waals surface area contributed by atoms with E-state index >= 15 is 0 Å². The summed E-state index contributed by atoms with van der Waals surface area (Å²) in [6.07, 6.45) is 5.51. The highest BCUT2D eigenvalue weighted by Gasteiger charge is 2.09. The summed E-state index contributed by atoms with van der Waals surface area (Å²) in [5.74, 6) is 0. The molecule has 1 amide bonds. The predicted octanol–water partition coefficient (Wildman–Crippen LogP) is 4.09. The molecule has 17 heavy (non-hydrogen) atoms.